The van der Waals surface area contributed by atoms with Crippen LogP contribution in [0, 0.1) is 0 Å². The average molecular weight is 198 g/mol. The van der Waals surface area contributed by atoms with Gasteiger partial charge in [-0.15, -0.1) is 0 Å². The molecule has 2 rings (SSSR count). The largest absolute Gasteiger partial charge is 0.377 e. The van der Waals surface area contributed by atoms with E-state index in [9.17, 15) is 0 Å². The molecule has 2 aliphatic rings. The molecule has 0 aromatic heterocycles. The highest BCUT2D eigenvalue weighted by Crippen LogP contribution is 2.18. The summed E-state index contributed by atoms with van der Waals surface area (Å²) in [6.45, 7) is 5.32. The zero-order chi connectivity index (χ0) is 9.80. The Morgan fingerprint density at radius 2 is 2.21 bits per heavy atom. The lowest BCUT2D eigenvalue weighted by atomic mass is 10.2. The van der Waals surface area contributed by atoms with Crippen LogP contribution in [0.4, 0.5) is 0 Å². The number of nitrogens with one attached hydrogen (secondary N) is 2. The van der Waals surface area contributed by atoms with E-state index in [1.807, 2.05) is 0 Å². The van der Waals surface area contributed by atoms with Crippen molar-refractivity contribution in [1.82, 2.24) is 10.6 Å². The Balaban J connectivity index is 1.50. The molecule has 0 bridgehead atoms. The smallest absolute Gasteiger partial charge is 0.0700 e. The van der Waals surface area contributed by atoms with Crippen LogP contribution in [0.25, 0.3) is 0 Å². The minimum atomic E-state index is 0.471. The SMILES string of the molecule is CC(CNC1CC1)NC[C@H]1CCCO1. The van der Waals surface area contributed by atoms with Crippen LogP contribution in [0.5, 0.6) is 0 Å². The molecule has 1 heterocycles. The number of ether oxygens (including phenoxy) is 1. The van der Waals surface area contributed by atoms with Gasteiger partial charge in [0.2, 0.25) is 0 Å². The van der Waals surface area contributed by atoms with Crippen molar-refractivity contribution in [3.05, 3.63) is 0 Å². The molecular weight excluding hydrogens is 176 g/mol. The summed E-state index contributed by atoms with van der Waals surface area (Å²) >= 11 is 0. The van der Waals surface area contributed by atoms with Gasteiger partial charge in [-0.05, 0) is 32.6 Å². The van der Waals surface area contributed by atoms with Crippen molar-refractivity contribution in [2.75, 3.05) is 19.7 Å². The highest BCUT2D eigenvalue weighted by atomic mass is 16.5. The third-order valence-electron chi connectivity index (χ3n) is 3.01. The molecule has 0 aromatic rings. The van der Waals surface area contributed by atoms with E-state index in [1.165, 1.54) is 25.7 Å². The zero-order valence-electron chi connectivity index (χ0n) is 9.09. The van der Waals surface area contributed by atoms with Crippen molar-refractivity contribution in [2.24, 2.45) is 0 Å². The van der Waals surface area contributed by atoms with Crippen molar-refractivity contribution >= 4 is 0 Å². The van der Waals surface area contributed by atoms with E-state index >= 15 is 0 Å². The molecule has 1 saturated heterocycles. The summed E-state index contributed by atoms with van der Waals surface area (Å²) in [7, 11) is 0. The zero-order valence-corrected chi connectivity index (χ0v) is 9.09. The fraction of sp³-hybridized carbons (Fsp3) is 1.00. The third kappa shape index (κ3) is 3.56. The molecule has 0 amide bonds. The first-order valence-electron chi connectivity index (χ1n) is 5.93. The predicted molar refractivity (Wildman–Crippen MR) is 57.5 cm³/mol. The first-order chi connectivity index (χ1) is 6.84. The molecule has 1 saturated carbocycles. The minimum Gasteiger partial charge on any atom is -0.377 e. The maximum Gasteiger partial charge on any atom is 0.0700 e. The molecule has 0 spiro atoms. The van der Waals surface area contributed by atoms with Crippen LogP contribution in [0.3, 0.4) is 0 Å². The van der Waals surface area contributed by atoms with Crippen LogP contribution < -0.4 is 10.6 Å². The Kier molecular flexibility index (Phi) is 3.79. The monoisotopic (exact) mass is 198 g/mol. The molecule has 1 unspecified atom stereocenters. The molecule has 82 valence electrons. The van der Waals surface area contributed by atoms with Crippen LogP contribution in [0.2, 0.25) is 0 Å². The van der Waals surface area contributed by atoms with Gasteiger partial charge in [0, 0.05) is 31.8 Å². The summed E-state index contributed by atoms with van der Waals surface area (Å²) in [5.74, 6) is 0. The molecule has 1 aliphatic heterocycles. The maximum atomic E-state index is 5.56. The lowest BCUT2D eigenvalue weighted by molar-refractivity contribution is 0.108. The normalized spacial score (nSPS) is 29.4. The standard InChI is InChI=1S/C11H22N2O/c1-9(7-13-10-4-5-10)12-8-11-3-2-6-14-11/h9-13H,2-8H2,1H3/t9?,11-/m1/s1. The van der Waals surface area contributed by atoms with Crippen LogP contribution in [0.15, 0.2) is 0 Å². The van der Waals surface area contributed by atoms with Crippen LogP contribution in [-0.4, -0.2) is 37.9 Å². The summed E-state index contributed by atoms with van der Waals surface area (Å²) in [6, 6.07) is 1.39. The number of rotatable bonds is 6. The molecule has 3 nitrogen and oxygen atoms in total. The van der Waals surface area contributed by atoms with Crippen molar-refractivity contribution < 1.29 is 4.74 Å². The molecule has 0 radical (unpaired) electrons. The second-order valence-corrected chi connectivity index (χ2v) is 4.63. The van der Waals surface area contributed by atoms with E-state index in [2.05, 4.69) is 17.6 Å². The van der Waals surface area contributed by atoms with Crippen LogP contribution in [0.1, 0.15) is 32.6 Å². The van der Waals surface area contributed by atoms with Crippen molar-refractivity contribution in [2.45, 2.75) is 50.8 Å². The lowest BCUT2D eigenvalue weighted by Gasteiger charge is -2.17. The fourth-order valence-electron chi connectivity index (χ4n) is 1.84. The van der Waals surface area contributed by atoms with Gasteiger partial charge < -0.3 is 15.4 Å². The van der Waals surface area contributed by atoms with E-state index in [0.717, 1.165) is 25.7 Å². The fourth-order valence-corrected chi connectivity index (χ4v) is 1.84. The number of hydrogen-bond donors (Lipinski definition) is 2. The molecule has 14 heavy (non-hydrogen) atoms. The molecule has 2 N–H and O–H groups in total. The Morgan fingerprint density at radius 3 is 2.86 bits per heavy atom. The van der Waals surface area contributed by atoms with Gasteiger partial charge in [-0.1, -0.05) is 0 Å². The first kappa shape index (κ1) is 10.4. The Labute approximate surface area is 86.6 Å². The van der Waals surface area contributed by atoms with Gasteiger partial charge in [-0.3, -0.25) is 0 Å². The quantitative estimate of drug-likeness (QED) is 0.665. The van der Waals surface area contributed by atoms with E-state index in [0.29, 0.717) is 12.1 Å². The van der Waals surface area contributed by atoms with Gasteiger partial charge in [0.05, 0.1) is 6.10 Å². The summed E-state index contributed by atoms with van der Waals surface area (Å²) in [5, 5.41) is 7.05. The Morgan fingerprint density at radius 1 is 1.36 bits per heavy atom. The van der Waals surface area contributed by atoms with E-state index in [1.54, 1.807) is 0 Å². The van der Waals surface area contributed by atoms with E-state index in [-0.39, 0.29) is 0 Å². The molecule has 0 aromatic carbocycles. The third-order valence-corrected chi connectivity index (χ3v) is 3.01. The average Bonchev–Trinajstić information content (AvgIpc) is 2.87. The highest BCUT2D eigenvalue weighted by molar-refractivity contribution is 4.82. The van der Waals surface area contributed by atoms with Crippen molar-refractivity contribution in [1.29, 1.82) is 0 Å². The number of hydrogen-bond acceptors (Lipinski definition) is 3. The molecule has 1 aliphatic carbocycles. The summed E-state index contributed by atoms with van der Waals surface area (Å²) in [5.41, 5.74) is 0. The predicted octanol–water partition coefficient (Wildman–Crippen LogP) is 0.895. The molecule has 3 heteroatoms. The highest BCUT2D eigenvalue weighted by Gasteiger charge is 2.21. The second-order valence-electron chi connectivity index (χ2n) is 4.63. The van der Waals surface area contributed by atoms with Gasteiger partial charge in [0.25, 0.3) is 0 Å². The van der Waals surface area contributed by atoms with Gasteiger partial charge in [0.15, 0.2) is 0 Å². The summed E-state index contributed by atoms with van der Waals surface area (Å²) in [4.78, 5) is 0. The maximum absolute atomic E-state index is 5.56. The van der Waals surface area contributed by atoms with Gasteiger partial charge in [0.1, 0.15) is 0 Å². The molecular formula is C11H22N2O. The van der Waals surface area contributed by atoms with Crippen molar-refractivity contribution in [3.8, 4) is 0 Å². The molecule has 2 fully saturated rings. The van der Waals surface area contributed by atoms with Crippen LogP contribution in [-0.2, 0) is 4.74 Å². The van der Waals surface area contributed by atoms with Gasteiger partial charge >= 0.3 is 0 Å². The first-order valence-corrected chi connectivity index (χ1v) is 5.93. The lowest BCUT2D eigenvalue weighted by Crippen LogP contribution is -2.40. The second kappa shape index (κ2) is 5.10. The van der Waals surface area contributed by atoms with E-state index < -0.39 is 0 Å². The molecule has 2 atom stereocenters. The summed E-state index contributed by atoms with van der Waals surface area (Å²) < 4.78 is 5.56. The van der Waals surface area contributed by atoms with E-state index in [4.69, 9.17) is 4.74 Å². The summed E-state index contributed by atoms with van der Waals surface area (Å²) in [6.07, 6.45) is 5.69. The minimum absolute atomic E-state index is 0.471. The Hall–Kier alpha value is -0.120. The van der Waals surface area contributed by atoms with Crippen LogP contribution >= 0.6 is 0 Å². The van der Waals surface area contributed by atoms with Gasteiger partial charge in [-0.25, -0.2) is 0 Å². The Bertz CT molecular complexity index is 165. The van der Waals surface area contributed by atoms with Crippen molar-refractivity contribution in [3.63, 3.8) is 0 Å². The van der Waals surface area contributed by atoms with Gasteiger partial charge in [-0.2, -0.15) is 0 Å². The topological polar surface area (TPSA) is 33.3 Å².